The summed E-state index contributed by atoms with van der Waals surface area (Å²) in [5.74, 6) is -0.983. The van der Waals surface area contributed by atoms with Crippen molar-refractivity contribution in [1.82, 2.24) is 9.97 Å². The Bertz CT molecular complexity index is 578. The molecule has 0 saturated heterocycles. The van der Waals surface area contributed by atoms with Crippen molar-refractivity contribution in [2.75, 3.05) is 12.1 Å². The fraction of sp³-hybridized carbons (Fsp3) is 0.0833. The quantitative estimate of drug-likeness (QED) is 0.433. The molecule has 0 aliphatic carbocycles. The summed E-state index contributed by atoms with van der Waals surface area (Å²) in [6.45, 7) is 0. The van der Waals surface area contributed by atoms with Gasteiger partial charge >= 0.3 is 0 Å². The molecule has 1 heterocycles. The SMILES string of the molecule is CN(/N=C/c1cc(O)c(O)c(O)c1)c1ncccn1. The van der Waals surface area contributed by atoms with Gasteiger partial charge in [-0.05, 0) is 18.2 Å². The lowest BCUT2D eigenvalue weighted by Crippen LogP contribution is -2.12. The second-order valence-electron chi connectivity index (χ2n) is 3.72. The molecule has 0 saturated carbocycles. The van der Waals surface area contributed by atoms with Gasteiger partial charge in [0.1, 0.15) is 0 Å². The van der Waals surface area contributed by atoms with Crippen LogP contribution in [0.4, 0.5) is 5.95 Å². The summed E-state index contributed by atoms with van der Waals surface area (Å²) in [5.41, 5.74) is 0.426. The van der Waals surface area contributed by atoms with Crippen molar-refractivity contribution >= 4 is 12.2 Å². The summed E-state index contributed by atoms with van der Waals surface area (Å²) >= 11 is 0. The highest BCUT2D eigenvalue weighted by molar-refractivity contribution is 5.82. The van der Waals surface area contributed by atoms with Gasteiger partial charge in [0.15, 0.2) is 17.2 Å². The van der Waals surface area contributed by atoms with Crippen LogP contribution in [-0.4, -0.2) is 38.5 Å². The van der Waals surface area contributed by atoms with Crippen LogP contribution in [0.25, 0.3) is 0 Å². The van der Waals surface area contributed by atoms with Gasteiger partial charge in [0, 0.05) is 25.0 Å². The number of aromatic hydroxyl groups is 3. The zero-order valence-corrected chi connectivity index (χ0v) is 10.1. The summed E-state index contributed by atoms with van der Waals surface area (Å²) in [5, 5.41) is 33.4. The minimum atomic E-state index is -0.558. The number of rotatable bonds is 3. The molecular formula is C12H12N4O3. The van der Waals surface area contributed by atoms with Crippen molar-refractivity contribution in [3.05, 3.63) is 36.2 Å². The first-order chi connectivity index (χ1) is 9.08. The lowest BCUT2D eigenvalue weighted by molar-refractivity contribution is 0.368. The Hall–Kier alpha value is -2.83. The molecule has 3 N–H and O–H groups in total. The highest BCUT2D eigenvalue weighted by atomic mass is 16.3. The van der Waals surface area contributed by atoms with E-state index in [1.165, 1.54) is 23.4 Å². The lowest BCUT2D eigenvalue weighted by Gasteiger charge is -2.09. The van der Waals surface area contributed by atoms with Gasteiger partial charge in [-0.25, -0.2) is 15.0 Å². The molecule has 0 atom stereocenters. The van der Waals surface area contributed by atoms with Gasteiger partial charge < -0.3 is 15.3 Å². The van der Waals surface area contributed by atoms with Crippen LogP contribution in [0.2, 0.25) is 0 Å². The molecule has 0 bridgehead atoms. The Morgan fingerprint density at radius 3 is 2.26 bits per heavy atom. The Kier molecular flexibility index (Phi) is 3.46. The molecule has 0 amide bonds. The summed E-state index contributed by atoms with van der Waals surface area (Å²) in [6, 6.07) is 4.24. The van der Waals surface area contributed by atoms with Crippen molar-refractivity contribution in [3.63, 3.8) is 0 Å². The van der Waals surface area contributed by atoms with Crippen molar-refractivity contribution in [2.24, 2.45) is 5.10 Å². The van der Waals surface area contributed by atoms with Gasteiger partial charge in [0.2, 0.25) is 5.95 Å². The first-order valence-electron chi connectivity index (χ1n) is 5.37. The predicted molar refractivity (Wildman–Crippen MR) is 69.5 cm³/mol. The Morgan fingerprint density at radius 1 is 1.11 bits per heavy atom. The second-order valence-corrected chi connectivity index (χ2v) is 3.72. The van der Waals surface area contributed by atoms with E-state index in [1.807, 2.05) is 0 Å². The maximum atomic E-state index is 9.35. The molecule has 0 unspecified atom stereocenters. The average Bonchev–Trinajstić information content (AvgIpc) is 2.43. The number of phenols is 3. The van der Waals surface area contributed by atoms with E-state index in [9.17, 15) is 15.3 Å². The van der Waals surface area contributed by atoms with Crippen molar-refractivity contribution in [1.29, 1.82) is 0 Å². The zero-order valence-electron chi connectivity index (χ0n) is 10.1. The van der Waals surface area contributed by atoms with Crippen LogP contribution in [0.5, 0.6) is 17.2 Å². The molecule has 0 radical (unpaired) electrons. The van der Waals surface area contributed by atoms with E-state index >= 15 is 0 Å². The zero-order chi connectivity index (χ0) is 13.8. The standard InChI is InChI=1S/C12H12N4O3/c1-16(12-13-3-2-4-14-12)15-7-8-5-9(17)11(19)10(18)6-8/h2-7,17-19H,1H3/b15-7+. The molecule has 19 heavy (non-hydrogen) atoms. The van der Waals surface area contributed by atoms with Gasteiger partial charge in [-0.2, -0.15) is 5.10 Å². The van der Waals surface area contributed by atoms with E-state index in [4.69, 9.17) is 0 Å². The normalized spacial score (nSPS) is 10.8. The van der Waals surface area contributed by atoms with Gasteiger partial charge in [-0.1, -0.05) is 0 Å². The average molecular weight is 260 g/mol. The van der Waals surface area contributed by atoms with E-state index in [0.29, 0.717) is 11.5 Å². The number of nitrogens with zero attached hydrogens (tertiary/aromatic N) is 4. The molecule has 7 nitrogen and oxygen atoms in total. The molecule has 7 heteroatoms. The highest BCUT2D eigenvalue weighted by Crippen LogP contribution is 2.34. The third-order valence-corrected chi connectivity index (χ3v) is 2.31. The topological polar surface area (TPSA) is 102 Å². The molecular weight excluding hydrogens is 248 g/mol. The Morgan fingerprint density at radius 2 is 1.68 bits per heavy atom. The van der Waals surface area contributed by atoms with E-state index in [0.717, 1.165) is 0 Å². The molecule has 0 spiro atoms. The maximum Gasteiger partial charge on any atom is 0.245 e. The molecule has 0 fully saturated rings. The number of hydrogen-bond acceptors (Lipinski definition) is 7. The summed E-state index contributed by atoms with van der Waals surface area (Å²) in [4.78, 5) is 8.00. The highest BCUT2D eigenvalue weighted by Gasteiger charge is 2.07. The molecule has 2 aromatic rings. The molecule has 0 aliphatic rings. The smallest absolute Gasteiger partial charge is 0.245 e. The monoisotopic (exact) mass is 260 g/mol. The summed E-state index contributed by atoms with van der Waals surface area (Å²) in [6.07, 6.45) is 4.58. The van der Waals surface area contributed by atoms with E-state index in [1.54, 1.807) is 25.5 Å². The largest absolute Gasteiger partial charge is 0.504 e. The van der Waals surface area contributed by atoms with E-state index in [-0.39, 0.29) is 0 Å². The number of phenolic OH excluding ortho intramolecular Hbond substituents is 3. The summed E-state index contributed by atoms with van der Waals surface area (Å²) in [7, 11) is 1.66. The molecule has 2 rings (SSSR count). The van der Waals surface area contributed by atoms with E-state index < -0.39 is 17.2 Å². The fourth-order valence-electron chi connectivity index (χ4n) is 1.36. The van der Waals surface area contributed by atoms with Crippen LogP contribution in [0.15, 0.2) is 35.7 Å². The van der Waals surface area contributed by atoms with Crippen molar-refractivity contribution < 1.29 is 15.3 Å². The summed E-state index contributed by atoms with van der Waals surface area (Å²) < 4.78 is 0. The van der Waals surface area contributed by atoms with Crippen LogP contribution in [0.1, 0.15) is 5.56 Å². The van der Waals surface area contributed by atoms with E-state index in [2.05, 4.69) is 15.1 Å². The van der Waals surface area contributed by atoms with Crippen molar-refractivity contribution in [2.45, 2.75) is 0 Å². The minimum absolute atomic E-state index is 0.408. The third kappa shape index (κ3) is 2.89. The van der Waals surface area contributed by atoms with Gasteiger partial charge in [-0.15, -0.1) is 0 Å². The van der Waals surface area contributed by atoms with Gasteiger partial charge in [-0.3, -0.25) is 0 Å². The number of aromatic nitrogens is 2. The van der Waals surface area contributed by atoms with Crippen LogP contribution in [-0.2, 0) is 0 Å². The Labute approximate surface area is 109 Å². The molecule has 0 aliphatic heterocycles. The molecule has 1 aromatic heterocycles. The number of benzene rings is 1. The van der Waals surface area contributed by atoms with Crippen LogP contribution in [0.3, 0.4) is 0 Å². The van der Waals surface area contributed by atoms with Crippen LogP contribution in [0, 0.1) is 0 Å². The first kappa shape index (κ1) is 12.6. The van der Waals surface area contributed by atoms with Gasteiger partial charge in [0.05, 0.1) is 6.21 Å². The predicted octanol–water partition coefficient (Wildman–Crippen LogP) is 1.06. The maximum absolute atomic E-state index is 9.35. The lowest BCUT2D eigenvalue weighted by atomic mass is 10.2. The molecule has 1 aromatic carbocycles. The first-order valence-corrected chi connectivity index (χ1v) is 5.37. The number of anilines is 1. The van der Waals surface area contributed by atoms with Gasteiger partial charge in [0.25, 0.3) is 0 Å². The number of hydrogen-bond donors (Lipinski definition) is 3. The Balaban J connectivity index is 2.19. The minimum Gasteiger partial charge on any atom is -0.504 e. The third-order valence-electron chi connectivity index (χ3n) is 2.31. The molecule has 98 valence electrons. The van der Waals surface area contributed by atoms with Crippen molar-refractivity contribution in [3.8, 4) is 17.2 Å². The van der Waals surface area contributed by atoms with Crippen LogP contribution < -0.4 is 5.01 Å². The second kappa shape index (κ2) is 5.21. The van der Waals surface area contributed by atoms with Crippen LogP contribution >= 0.6 is 0 Å². The number of hydrazone groups is 1. The fourth-order valence-corrected chi connectivity index (χ4v) is 1.36.